The number of hydrogen-bond acceptors (Lipinski definition) is 5. The van der Waals surface area contributed by atoms with Gasteiger partial charge in [-0.3, -0.25) is 14.5 Å². The number of likely N-dealkylation sites (N-methyl/N-ethyl adjacent to an activating group) is 1. The third kappa shape index (κ3) is 4.42. The van der Waals surface area contributed by atoms with Gasteiger partial charge in [0.25, 0.3) is 0 Å². The molecule has 7 heteroatoms. The molecule has 7 nitrogen and oxygen atoms in total. The largest absolute Gasteiger partial charge is 0.496 e. The Kier molecular flexibility index (Phi) is 6.68. The number of rotatable bonds is 6. The second-order valence-corrected chi connectivity index (χ2v) is 7.05. The Balaban J connectivity index is 1.82. The zero-order chi connectivity index (χ0) is 19.2. The highest BCUT2D eigenvalue weighted by atomic mass is 16.5. The summed E-state index contributed by atoms with van der Waals surface area (Å²) in [5, 5.41) is 5.91. The molecule has 0 saturated carbocycles. The van der Waals surface area contributed by atoms with E-state index in [-0.39, 0.29) is 23.9 Å². The molecular weight excluding hydrogens is 346 g/mol. The van der Waals surface area contributed by atoms with Crippen LogP contribution in [0.25, 0.3) is 0 Å². The van der Waals surface area contributed by atoms with Crippen molar-refractivity contribution >= 4 is 11.8 Å². The van der Waals surface area contributed by atoms with Gasteiger partial charge in [-0.2, -0.15) is 0 Å². The van der Waals surface area contributed by atoms with E-state index >= 15 is 0 Å². The lowest BCUT2D eigenvalue weighted by Gasteiger charge is -2.33. The number of methoxy groups -OCH3 is 1. The Bertz CT molecular complexity index is 660. The summed E-state index contributed by atoms with van der Waals surface area (Å²) in [7, 11) is 3.22. The van der Waals surface area contributed by atoms with Gasteiger partial charge in [0.2, 0.25) is 11.8 Å². The van der Waals surface area contributed by atoms with E-state index in [9.17, 15) is 9.59 Å². The lowest BCUT2D eigenvalue weighted by molar-refractivity contribution is -0.131. The Morgan fingerprint density at radius 1 is 1.22 bits per heavy atom. The Morgan fingerprint density at radius 2 is 1.96 bits per heavy atom. The van der Waals surface area contributed by atoms with E-state index < -0.39 is 6.04 Å². The highest BCUT2D eigenvalue weighted by Crippen LogP contribution is 2.34. The molecule has 3 rings (SSSR count). The number of nitrogens with zero attached hydrogens (tertiary/aromatic N) is 1. The average molecular weight is 375 g/mol. The Morgan fingerprint density at radius 3 is 2.67 bits per heavy atom. The van der Waals surface area contributed by atoms with Crippen LogP contribution in [0.4, 0.5) is 0 Å². The van der Waals surface area contributed by atoms with E-state index in [0.717, 1.165) is 31.2 Å². The van der Waals surface area contributed by atoms with Crippen molar-refractivity contribution in [1.29, 1.82) is 0 Å². The van der Waals surface area contributed by atoms with Crippen LogP contribution in [-0.2, 0) is 14.3 Å². The molecule has 0 unspecified atom stereocenters. The van der Waals surface area contributed by atoms with Crippen molar-refractivity contribution in [3.8, 4) is 5.75 Å². The summed E-state index contributed by atoms with van der Waals surface area (Å²) in [6.07, 6.45) is 3.31. The molecule has 2 heterocycles. The zero-order valence-corrected chi connectivity index (χ0v) is 16.1. The molecule has 0 spiro atoms. The number of nitrogens with one attached hydrogen (secondary N) is 2. The first-order chi connectivity index (χ1) is 13.2. The molecule has 0 bridgehead atoms. The summed E-state index contributed by atoms with van der Waals surface area (Å²) in [5.41, 5.74) is 0.783. The smallest absolute Gasteiger partial charge is 0.241 e. The minimum atomic E-state index is -0.556. The number of carbonyl (C=O) groups excluding carboxylic acids is 2. The lowest BCUT2D eigenvalue weighted by atomic mass is 10.0. The Labute approximate surface area is 160 Å². The van der Waals surface area contributed by atoms with Crippen molar-refractivity contribution in [2.75, 3.05) is 33.9 Å². The minimum Gasteiger partial charge on any atom is -0.496 e. The average Bonchev–Trinajstić information content (AvgIpc) is 3.18. The summed E-state index contributed by atoms with van der Waals surface area (Å²) in [5.74, 6) is 0.523. The van der Waals surface area contributed by atoms with Crippen LogP contribution < -0.4 is 15.4 Å². The number of carbonyl (C=O) groups is 2. The van der Waals surface area contributed by atoms with Crippen LogP contribution in [-0.4, -0.2) is 62.7 Å². The minimum absolute atomic E-state index is 0.00296. The van der Waals surface area contributed by atoms with Crippen molar-refractivity contribution in [2.45, 2.75) is 43.8 Å². The van der Waals surface area contributed by atoms with Crippen molar-refractivity contribution in [2.24, 2.45) is 0 Å². The van der Waals surface area contributed by atoms with Gasteiger partial charge in [0.15, 0.2) is 0 Å². The third-order valence-electron chi connectivity index (χ3n) is 5.42. The first-order valence-electron chi connectivity index (χ1n) is 9.64. The summed E-state index contributed by atoms with van der Waals surface area (Å²) in [6, 6.07) is 6.78. The van der Waals surface area contributed by atoms with Crippen LogP contribution in [0.1, 0.15) is 37.3 Å². The summed E-state index contributed by atoms with van der Waals surface area (Å²) >= 11 is 0. The van der Waals surface area contributed by atoms with Crippen molar-refractivity contribution in [3.63, 3.8) is 0 Å². The molecule has 0 radical (unpaired) electrons. The van der Waals surface area contributed by atoms with Crippen LogP contribution in [0.15, 0.2) is 24.3 Å². The molecule has 2 atom stereocenters. The van der Waals surface area contributed by atoms with Crippen molar-refractivity contribution in [3.05, 3.63) is 29.8 Å². The van der Waals surface area contributed by atoms with Gasteiger partial charge in [-0.25, -0.2) is 0 Å². The topological polar surface area (TPSA) is 79.9 Å². The predicted molar refractivity (Wildman–Crippen MR) is 102 cm³/mol. The molecule has 1 aromatic rings. The molecule has 0 aliphatic carbocycles. The molecular formula is C20H29N3O4. The lowest BCUT2D eigenvalue weighted by Crippen LogP contribution is -2.51. The highest BCUT2D eigenvalue weighted by Gasteiger charge is 2.40. The van der Waals surface area contributed by atoms with Crippen LogP contribution in [0.2, 0.25) is 0 Å². The van der Waals surface area contributed by atoms with Gasteiger partial charge in [0.1, 0.15) is 11.8 Å². The molecule has 2 fully saturated rings. The van der Waals surface area contributed by atoms with Gasteiger partial charge in [0, 0.05) is 38.4 Å². The van der Waals surface area contributed by atoms with Gasteiger partial charge in [-0.15, -0.1) is 0 Å². The van der Waals surface area contributed by atoms with Gasteiger partial charge < -0.3 is 20.1 Å². The maximum absolute atomic E-state index is 13.0. The number of hydrogen-bond donors (Lipinski definition) is 2. The molecule has 27 heavy (non-hydrogen) atoms. The van der Waals surface area contributed by atoms with Gasteiger partial charge in [-0.1, -0.05) is 18.2 Å². The van der Waals surface area contributed by atoms with Crippen molar-refractivity contribution in [1.82, 2.24) is 15.5 Å². The first kappa shape index (κ1) is 19.6. The maximum Gasteiger partial charge on any atom is 0.241 e. The Hall–Kier alpha value is -2.12. The van der Waals surface area contributed by atoms with Gasteiger partial charge in [-0.05, 0) is 31.7 Å². The van der Waals surface area contributed by atoms with E-state index in [4.69, 9.17) is 9.47 Å². The van der Waals surface area contributed by atoms with Crippen LogP contribution in [0.5, 0.6) is 5.75 Å². The van der Waals surface area contributed by atoms with E-state index in [2.05, 4.69) is 10.6 Å². The van der Waals surface area contributed by atoms with Gasteiger partial charge >= 0.3 is 0 Å². The number of para-hydroxylation sites is 1. The highest BCUT2D eigenvalue weighted by molar-refractivity contribution is 5.87. The number of likely N-dealkylation sites (tertiary alicyclic amines) is 1. The quantitative estimate of drug-likeness (QED) is 0.782. The molecule has 148 valence electrons. The van der Waals surface area contributed by atoms with Gasteiger partial charge in [0.05, 0.1) is 13.2 Å². The van der Waals surface area contributed by atoms with Crippen molar-refractivity contribution < 1.29 is 19.1 Å². The fourth-order valence-electron chi connectivity index (χ4n) is 4.02. The van der Waals surface area contributed by atoms with Crippen LogP contribution >= 0.6 is 0 Å². The number of ether oxygens (including phenoxy) is 2. The maximum atomic E-state index is 13.0. The molecule has 2 saturated heterocycles. The van der Waals surface area contributed by atoms with E-state index in [1.807, 2.05) is 29.2 Å². The molecule has 2 amide bonds. The second kappa shape index (κ2) is 9.19. The molecule has 1 aromatic carbocycles. The second-order valence-electron chi connectivity index (χ2n) is 7.05. The number of benzene rings is 1. The number of amides is 2. The summed E-state index contributed by atoms with van der Waals surface area (Å²) in [4.78, 5) is 27.7. The SMILES string of the molecule is CNC(=O)[C@@H](c1ccccc1OC)N1CCC[C@H]1C(=O)NC1CCOCC1. The predicted octanol–water partition coefficient (Wildman–Crippen LogP) is 1.24. The van der Waals surface area contributed by atoms with Crippen LogP contribution in [0, 0.1) is 0 Å². The van der Waals surface area contributed by atoms with E-state index in [1.54, 1.807) is 14.2 Å². The molecule has 2 aliphatic heterocycles. The molecule has 2 aliphatic rings. The standard InChI is InChI=1S/C20H29N3O4/c1-21-20(25)18(15-6-3-4-8-17(15)26-2)23-11-5-7-16(23)19(24)22-14-9-12-27-13-10-14/h3-4,6,8,14,16,18H,5,7,9-13H2,1-2H3,(H,21,25)(H,22,24)/t16-,18+/m0/s1. The van der Waals surface area contributed by atoms with E-state index in [0.29, 0.717) is 25.5 Å². The molecule has 2 N–H and O–H groups in total. The third-order valence-corrected chi connectivity index (χ3v) is 5.42. The zero-order valence-electron chi connectivity index (χ0n) is 16.1. The fourth-order valence-corrected chi connectivity index (χ4v) is 4.02. The van der Waals surface area contributed by atoms with E-state index in [1.165, 1.54) is 0 Å². The summed E-state index contributed by atoms with van der Waals surface area (Å²) < 4.78 is 10.8. The fraction of sp³-hybridized carbons (Fsp3) is 0.600. The summed E-state index contributed by atoms with van der Waals surface area (Å²) in [6.45, 7) is 2.06. The normalized spacial score (nSPS) is 22.2. The van der Waals surface area contributed by atoms with Crippen LogP contribution in [0.3, 0.4) is 0 Å². The molecule has 0 aromatic heterocycles. The first-order valence-corrected chi connectivity index (χ1v) is 9.64. The monoisotopic (exact) mass is 375 g/mol.